The Morgan fingerprint density at radius 3 is 2.52 bits per heavy atom. The number of halogens is 1. The second kappa shape index (κ2) is 7.94. The zero-order chi connectivity index (χ0) is 21.1. The highest BCUT2D eigenvalue weighted by molar-refractivity contribution is 6.30. The van der Waals surface area contributed by atoms with Gasteiger partial charge in [-0.2, -0.15) is 0 Å². The van der Waals surface area contributed by atoms with E-state index in [1.165, 1.54) is 12.1 Å². The largest absolute Gasteiger partial charge is 0.457 e. The second-order valence-electron chi connectivity index (χ2n) is 5.83. The van der Waals surface area contributed by atoms with Gasteiger partial charge >= 0.3 is 5.82 Å². The van der Waals surface area contributed by atoms with Crippen molar-refractivity contribution in [2.75, 3.05) is 5.32 Å². The van der Waals surface area contributed by atoms with Crippen LogP contribution in [0.25, 0.3) is 0 Å². The minimum atomic E-state index is -0.788. The lowest BCUT2D eigenvalue weighted by Gasteiger charge is -2.11. The average Bonchev–Trinajstić information content (AvgIpc) is 3.14. The zero-order valence-corrected chi connectivity index (χ0v) is 15.5. The SMILES string of the molecule is Cc1cc(Cl)ccc1Oc1cc(NC(=O)c2cc([N+](=O)[O-])[nH]n2)cc([N+](=O)[O-])c1. The number of carbonyl (C=O) groups is 1. The molecule has 0 saturated carbocycles. The van der Waals surface area contributed by atoms with Gasteiger partial charge in [0.1, 0.15) is 11.5 Å². The molecule has 3 aromatic rings. The van der Waals surface area contributed by atoms with Crippen LogP contribution in [0.4, 0.5) is 17.2 Å². The number of nitrogens with zero attached hydrogens (tertiary/aromatic N) is 3. The maximum Gasteiger partial charge on any atom is 0.343 e. The van der Waals surface area contributed by atoms with Crippen LogP contribution >= 0.6 is 11.6 Å². The average molecular weight is 418 g/mol. The number of H-pyrrole nitrogens is 1. The zero-order valence-electron chi connectivity index (χ0n) is 14.7. The Hall–Kier alpha value is -3.99. The molecule has 11 nitrogen and oxygen atoms in total. The van der Waals surface area contributed by atoms with Crippen molar-refractivity contribution in [3.8, 4) is 11.5 Å². The van der Waals surface area contributed by atoms with Crippen LogP contribution in [-0.4, -0.2) is 26.0 Å². The normalized spacial score (nSPS) is 10.4. The van der Waals surface area contributed by atoms with Crippen LogP contribution in [0.1, 0.15) is 16.1 Å². The number of anilines is 1. The number of aromatic nitrogens is 2. The molecule has 148 valence electrons. The number of amides is 1. The van der Waals surface area contributed by atoms with Gasteiger partial charge in [0.25, 0.3) is 11.6 Å². The van der Waals surface area contributed by atoms with Crippen molar-refractivity contribution in [2.24, 2.45) is 0 Å². The number of aromatic amines is 1. The van der Waals surface area contributed by atoms with E-state index in [1.54, 1.807) is 25.1 Å². The summed E-state index contributed by atoms with van der Waals surface area (Å²) in [5.41, 5.74) is 0.187. The van der Waals surface area contributed by atoms with Gasteiger partial charge in [-0.05, 0) is 35.6 Å². The van der Waals surface area contributed by atoms with E-state index in [1.807, 2.05) is 0 Å². The van der Waals surface area contributed by atoms with Crippen LogP contribution < -0.4 is 10.1 Å². The predicted octanol–water partition coefficient (Wildman–Crippen LogP) is 4.23. The van der Waals surface area contributed by atoms with Crippen LogP contribution in [0.5, 0.6) is 11.5 Å². The Labute approximate surface area is 167 Å². The van der Waals surface area contributed by atoms with Crippen molar-refractivity contribution < 1.29 is 19.4 Å². The Morgan fingerprint density at radius 1 is 1.14 bits per heavy atom. The number of nitro groups is 2. The van der Waals surface area contributed by atoms with Gasteiger partial charge in [0.2, 0.25) is 0 Å². The van der Waals surface area contributed by atoms with Crippen LogP contribution in [0.2, 0.25) is 5.02 Å². The van der Waals surface area contributed by atoms with Crippen molar-refractivity contribution in [3.63, 3.8) is 0 Å². The highest BCUT2D eigenvalue weighted by Gasteiger charge is 2.19. The van der Waals surface area contributed by atoms with E-state index >= 15 is 0 Å². The molecule has 0 radical (unpaired) electrons. The fourth-order valence-corrected chi connectivity index (χ4v) is 2.62. The molecule has 0 spiro atoms. The van der Waals surface area contributed by atoms with E-state index in [-0.39, 0.29) is 22.8 Å². The van der Waals surface area contributed by atoms with E-state index in [0.29, 0.717) is 16.3 Å². The lowest BCUT2D eigenvalue weighted by Crippen LogP contribution is -2.12. The second-order valence-corrected chi connectivity index (χ2v) is 6.27. The number of ether oxygens (including phenoxy) is 1. The van der Waals surface area contributed by atoms with E-state index in [2.05, 4.69) is 15.5 Å². The predicted molar refractivity (Wildman–Crippen MR) is 103 cm³/mol. The quantitative estimate of drug-likeness (QED) is 0.449. The maximum atomic E-state index is 12.3. The number of aryl methyl sites for hydroxylation is 1. The number of nitro benzene ring substituents is 1. The third-order valence-electron chi connectivity index (χ3n) is 3.72. The molecule has 0 atom stereocenters. The van der Waals surface area contributed by atoms with Crippen molar-refractivity contribution >= 4 is 34.7 Å². The molecule has 0 fully saturated rings. The van der Waals surface area contributed by atoms with Crippen molar-refractivity contribution in [1.29, 1.82) is 0 Å². The molecule has 0 unspecified atom stereocenters. The third-order valence-corrected chi connectivity index (χ3v) is 3.95. The monoisotopic (exact) mass is 417 g/mol. The number of hydrogen-bond acceptors (Lipinski definition) is 7. The molecule has 1 heterocycles. The number of hydrogen-bond donors (Lipinski definition) is 2. The van der Waals surface area contributed by atoms with Crippen molar-refractivity contribution in [1.82, 2.24) is 10.2 Å². The third kappa shape index (κ3) is 4.65. The summed E-state index contributed by atoms with van der Waals surface area (Å²) in [6, 6.07) is 9.53. The van der Waals surface area contributed by atoms with E-state index < -0.39 is 21.6 Å². The number of non-ortho nitro benzene ring substituents is 1. The molecule has 2 N–H and O–H groups in total. The molecule has 0 aliphatic heterocycles. The van der Waals surface area contributed by atoms with E-state index in [0.717, 1.165) is 12.1 Å². The molecule has 29 heavy (non-hydrogen) atoms. The molecule has 0 aliphatic carbocycles. The Bertz CT molecular complexity index is 1130. The standard InChI is InChI=1S/C17H12ClN5O6/c1-9-4-10(18)2-3-15(9)29-13-6-11(5-12(7-13)22(25)26)19-17(24)14-8-16(21-20-14)23(27)28/h2-8H,1H3,(H,19,24)(H,20,21). The highest BCUT2D eigenvalue weighted by Crippen LogP contribution is 2.32. The fraction of sp³-hybridized carbons (Fsp3) is 0.0588. The van der Waals surface area contributed by atoms with Gasteiger partial charge in [0.15, 0.2) is 5.69 Å². The molecule has 2 aromatic carbocycles. The summed E-state index contributed by atoms with van der Waals surface area (Å²) in [5.74, 6) is -0.720. The molecule has 12 heteroatoms. The topological polar surface area (TPSA) is 153 Å². The molecule has 1 amide bonds. The van der Waals surface area contributed by atoms with Gasteiger partial charge < -0.3 is 20.2 Å². The minimum Gasteiger partial charge on any atom is -0.457 e. The molecule has 0 aliphatic rings. The maximum absolute atomic E-state index is 12.3. The fourth-order valence-electron chi connectivity index (χ4n) is 2.39. The number of carbonyl (C=O) groups excluding carboxylic acids is 1. The van der Waals surface area contributed by atoms with Crippen LogP contribution in [0.15, 0.2) is 42.5 Å². The van der Waals surface area contributed by atoms with Crippen molar-refractivity contribution in [2.45, 2.75) is 6.92 Å². The first-order valence-electron chi connectivity index (χ1n) is 7.97. The Morgan fingerprint density at radius 2 is 1.90 bits per heavy atom. The van der Waals surface area contributed by atoms with Gasteiger partial charge in [-0.15, -0.1) is 5.10 Å². The first-order valence-corrected chi connectivity index (χ1v) is 8.35. The Kier molecular flexibility index (Phi) is 5.41. The highest BCUT2D eigenvalue weighted by atomic mass is 35.5. The summed E-state index contributed by atoms with van der Waals surface area (Å²) >= 11 is 5.91. The first-order chi connectivity index (χ1) is 13.7. The lowest BCUT2D eigenvalue weighted by molar-refractivity contribution is -0.389. The minimum absolute atomic E-state index is 0.0523. The summed E-state index contributed by atoms with van der Waals surface area (Å²) in [4.78, 5) is 32.8. The van der Waals surface area contributed by atoms with Gasteiger partial charge in [-0.1, -0.05) is 16.7 Å². The molecule has 0 saturated heterocycles. The summed E-state index contributed by atoms with van der Waals surface area (Å²) in [5, 5.41) is 30.5. The van der Waals surface area contributed by atoms with Gasteiger partial charge in [-0.25, -0.2) is 0 Å². The summed E-state index contributed by atoms with van der Waals surface area (Å²) in [7, 11) is 0. The molecular formula is C17H12ClN5O6. The van der Waals surface area contributed by atoms with E-state index in [9.17, 15) is 25.0 Å². The first kappa shape index (κ1) is 19.8. The smallest absolute Gasteiger partial charge is 0.343 e. The summed E-state index contributed by atoms with van der Waals surface area (Å²) in [6.45, 7) is 1.76. The molecule has 1 aromatic heterocycles. The number of benzene rings is 2. The molecular weight excluding hydrogens is 406 g/mol. The lowest BCUT2D eigenvalue weighted by atomic mass is 10.2. The summed E-state index contributed by atoms with van der Waals surface area (Å²) in [6.07, 6.45) is 0. The number of rotatable bonds is 6. The van der Waals surface area contributed by atoms with Crippen molar-refractivity contribution in [3.05, 3.63) is 79.0 Å². The van der Waals surface area contributed by atoms with Gasteiger partial charge in [-0.3, -0.25) is 14.9 Å². The molecule has 0 bridgehead atoms. The van der Waals surface area contributed by atoms with Gasteiger partial charge in [0.05, 0.1) is 22.7 Å². The van der Waals surface area contributed by atoms with Crippen LogP contribution in [0, 0.1) is 27.2 Å². The summed E-state index contributed by atoms with van der Waals surface area (Å²) < 4.78 is 5.69. The van der Waals surface area contributed by atoms with Crippen LogP contribution in [-0.2, 0) is 0 Å². The van der Waals surface area contributed by atoms with Gasteiger partial charge in [0, 0.05) is 17.2 Å². The van der Waals surface area contributed by atoms with Crippen LogP contribution in [0.3, 0.4) is 0 Å². The molecule has 3 rings (SSSR count). The van der Waals surface area contributed by atoms with E-state index in [4.69, 9.17) is 16.3 Å². The number of nitrogens with one attached hydrogen (secondary N) is 2. The Balaban J connectivity index is 1.88.